The van der Waals surface area contributed by atoms with Gasteiger partial charge >= 0.3 is 0 Å². The first-order valence-corrected chi connectivity index (χ1v) is 5.23. The molecule has 0 aromatic carbocycles. The van der Waals surface area contributed by atoms with E-state index in [1.807, 2.05) is 6.92 Å². The van der Waals surface area contributed by atoms with E-state index >= 15 is 0 Å². The number of rotatable bonds is 4. The van der Waals surface area contributed by atoms with Crippen LogP contribution in [0.15, 0.2) is 0 Å². The van der Waals surface area contributed by atoms with Crippen molar-refractivity contribution >= 4 is 0 Å². The average molecular weight is 204 g/mol. The van der Waals surface area contributed by atoms with Gasteiger partial charge in [-0.3, -0.25) is 0 Å². The Morgan fingerprint density at radius 1 is 1.43 bits per heavy atom. The van der Waals surface area contributed by atoms with E-state index in [9.17, 15) is 10.2 Å². The lowest BCUT2D eigenvalue weighted by Crippen LogP contribution is -2.49. The number of ether oxygens (including phenoxy) is 1. The summed E-state index contributed by atoms with van der Waals surface area (Å²) in [5, 5.41) is 29.0. The van der Waals surface area contributed by atoms with Gasteiger partial charge in [-0.05, 0) is 13.3 Å². The second kappa shape index (κ2) is 4.57. The highest BCUT2D eigenvalue weighted by molar-refractivity contribution is 5.01. The molecular formula is C10H20O4. The van der Waals surface area contributed by atoms with Crippen molar-refractivity contribution in [3.05, 3.63) is 0 Å². The van der Waals surface area contributed by atoms with Crippen molar-refractivity contribution in [3.63, 3.8) is 0 Å². The molecule has 0 amide bonds. The van der Waals surface area contributed by atoms with Gasteiger partial charge in [0.05, 0.1) is 12.7 Å². The van der Waals surface area contributed by atoms with Crippen LogP contribution in [0.3, 0.4) is 0 Å². The zero-order valence-corrected chi connectivity index (χ0v) is 8.81. The lowest BCUT2D eigenvalue weighted by atomic mass is 9.86. The monoisotopic (exact) mass is 204 g/mol. The Hall–Kier alpha value is -0.160. The van der Waals surface area contributed by atoms with Crippen LogP contribution in [0.2, 0.25) is 0 Å². The van der Waals surface area contributed by atoms with Crippen LogP contribution < -0.4 is 0 Å². The summed E-state index contributed by atoms with van der Waals surface area (Å²) in [7, 11) is 0. The third-order valence-electron chi connectivity index (χ3n) is 2.99. The van der Waals surface area contributed by atoms with Gasteiger partial charge in [0.1, 0.15) is 17.8 Å². The molecule has 1 heterocycles. The molecule has 3 N–H and O–H groups in total. The van der Waals surface area contributed by atoms with Crippen LogP contribution in [0.25, 0.3) is 0 Å². The topological polar surface area (TPSA) is 69.9 Å². The second-order valence-electron chi connectivity index (χ2n) is 4.05. The fourth-order valence-corrected chi connectivity index (χ4v) is 2.02. The highest BCUT2D eigenvalue weighted by Gasteiger charge is 2.52. The molecule has 0 aromatic heterocycles. The molecule has 4 nitrogen and oxygen atoms in total. The summed E-state index contributed by atoms with van der Waals surface area (Å²) in [6.07, 6.45) is 0.279. The van der Waals surface area contributed by atoms with Crippen molar-refractivity contribution in [1.82, 2.24) is 0 Å². The van der Waals surface area contributed by atoms with Crippen LogP contribution in [-0.2, 0) is 4.74 Å². The fourth-order valence-electron chi connectivity index (χ4n) is 2.02. The molecule has 0 spiro atoms. The maximum atomic E-state index is 10.2. The molecule has 1 aliphatic rings. The van der Waals surface area contributed by atoms with Crippen LogP contribution in [-0.4, -0.2) is 45.8 Å². The van der Waals surface area contributed by atoms with Crippen molar-refractivity contribution in [2.45, 2.75) is 57.0 Å². The molecule has 1 saturated heterocycles. The molecule has 0 saturated carbocycles. The van der Waals surface area contributed by atoms with Gasteiger partial charge in [-0.15, -0.1) is 0 Å². The predicted molar refractivity (Wildman–Crippen MR) is 51.9 cm³/mol. The summed E-state index contributed by atoms with van der Waals surface area (Å²) in [5.41, 5.74) is -1.27. The van der Waals surface area contributed by atoms with E-state index in [1.54, 1.807) is 6.92 Å². The van der Waals surface area contributed by atoms with E-state index in [0.717, 1.165) is 12.8 Å². The van der Waals surface area contributed by atoms with Gasteiger partial charge in [-0.25, -0.2) is 0 Å². The van der Waals surface area contributed by atoms with Crippen molar-refractivity contribution in [2.75, 3.05) is 6.61 Å². The van der Waals surface area contributed by atoms with Crippen molar-refractivity contribution in [2.24, 2.45) is 0 Å². The van der Waals surface area contributed by atoms with Gasteiger partial charge in [0, 0.05) is 0 Å². The minimum Gasteiger partial charge on any atom is -0.394 e. The van der Waals surface area contributed by atoms with E-state index in [4.69, 9.17) is 9.84 Å². The van der Waals surface area contributed by atoms with Crippen LogP contribution in [0.1, 0.15) is 33.1 Å². The van der Waals surface area contributed by atoms with Gasteiger partial charge < -0.3 is 20.1 Å². The van der Waals surface area contributed by atoms with Crippen LogP contribution in [0.5, 0.6) is 0 Å². The molecule has 84 valence electrons. The van der Waals surface area contributed by atoms with Crippen molar-refractivity contribution in [3.8, 4) is 0 Å². The summed E-state index contributed by atoms with van der Waals surface area (Å²) in [6.45, 7) is 3.47. The zero-order chi connectivity index (χ0) is 10.8. The van der Waals surface area contributed by atoms with Crippen molar-refractivity contribution < 1.29 is 20.1 Å². The van der Waals surface area contributed by atoms with E-state index in [-0.39, 0.29) is 6.61 Å². The second-order valence-corrected chi connectivity index (χ2v) is 4.05. The lowest BCUT2D eigenvalue weighted by Gasteiger charge is -2.30. The van der Waals surface area contributed by atoms with Gasteiger partial charge in [0.15, 0.2) is 0 Å². The molecule has 1 unspecified atom stereocenters. The van der Waals surface area contributed by atoms with E-state index in [0.29, 0.717) is 6.42 Å². The minimum atomic E-state index is -1.27. The molecule has 4 atom stereocenters. The summed E-state index contributed by atoms with van der Waals surface area (Å²) in [6, 6.07) is 0. The minimum absolute atomic E-state index is 0.248. The Morgan fingerprint density at radius 2 is 2.07 bits per heavy atom. The Labute approximate surface area is 84.5 Å². The SMILES string of the molecule is CCCC[C@@]1(O)C(O)[C@H](C)O[C@@H]1CO. The Morgan fingerprint density at radius 3 is 2.57 bits per heavy atom. The standard InChI is InChI=1S/C10H20O4/c1-3-4-5-10(13)8(6-11)14-7(2)9(10)12/h7-9,11-13H,3-6H2,1-2H3/t7-,8+,9?,10-/m0/s1. The first kappa shape index (κ1) is 11.9. The van der Waals surface area contributed by atoms with Crippen LogP contribution in [0.4, 0.5) is 0 Å². The number of unbranched alkanes of at least 4 members (excludes halogenated alkanes) is 1. The van der Waals surface area contributed by atoms with Crippen LogP contribution >= 0.6 is 0 Å². The van der Waals surface area contributed by atoms with Gasteiger partial charge in [0.25, 0.3) is 0 Å². The largest absolute Gasteiger partial charge is 0.394 e. The number of aliphatic hydroxyl groups is 3. The van der Waals surface area contributed by atoms with Gasteiger partial charge in [-0.2, -0.15) is 0 Å². The molecule has 14 heavy (non-hydrogen) atoms. The molecule has 0 radical (unpaired) electrons. The third-order valence-corrected chi connectivity index (χ3v) is 2.99. The number of hydrogen-bond donors (Lipinski definition) is 3. The third kappa shape index (κ3) is 1.93. The number of hydrogen-bond acceptors (Lipinski definition) is 4. The molecule has 1 rings (SSSR count). The molecule has 0 bridgehead atoms. The summed E-state index contributed by atoms with van der Waals surface area (Å²) in [4.78, 5) is 0. The molecule has 0 aromatic rings. The smallest absolute Gasteiger partial charge is 0.121 e. The van der Waals surface area contributed by atoms with E-state index < -0.39 is 23.9 Å². The normalized spacial score (nSPS) is 43.1. The summed E-state index contributed by atoms with van der Waals surface area (Å²) >= 11 is 0. The molecule has 1 fully saturated rings. The Bertz CT molecular complexity index is 185. The van der Waals surface area contributed by atoms with Gasteiger partial charge in [-0.1, -0.05) is 19.8 Å². The number of aliphatic hydroxyl groups excluding tert-OH is 2. The van der Waals surface area contributed by atoms with E-state index in [1.165, 1.54) is 0 Å². The maximum absolute atomic E-state index is 10.2. The highest BCUT2D eigenvalue weighted by Crippen LogP contribution is 2.34. The molecule has 1 aliphatic heterocycles. The molecule has 4 heteroatoms. The summed E-state index contributed by atoms with van der Waals surface area (Å²) < 4.78 is 5.29. The Balaban J connectivity index is 2.69. The molecule has 0 aliphatic carbocycles. The quantitative estimate of drug-likeness (QED) is 0.605. The first-order chi connectivity index (χ1) is 6.56. The zero-order valence-electron chi connectivity index (χ0n) is 8.81. The summed E-state index contributed by atoms with van der Waals surface area (Å²) in [5.74, 6) is 0. The first-order valence-electron chi connectivity index (χ1n) is 5.23. The maximum Gasteiger partial charge on any atom is 0.121 e. The van der Waals surface area contributed by atoms with Crippen molar-refractivity contribution in [1.29, 1.82) is 0 Å². The lowest BCUT2D eigenvalue weighted by molar-refractivity contribution is -0.0979. The van der Waals surface area contributed by atoms with Gasteiger partial charge in [0.2, 0.25) is 0 Å². The van der Waals surface area contributed by atoms with E-state index in [2.05, 4.69) is 0 Å². The van der Waals surface area contributed by atoms with Crippen LogP contribution in [0, 0.1) is 0 Å². The average Bonchev–Trinajstić information content (AvgIpc) is 2.40. The fraction of sp³-hybridized carbons (Fsp3) is 1.00. The highest BCUT2D eigenvalue weighted by atomic mass is 16.6. The Kier molecular flexibility index (Phi) is 3.89. The predicted octanol–water partition coefficient (Wildman–Crippen LogP) is 0.0482. The molecular weight excluding hydrogens is 184 g/mol.